The maximum Gasteiger partial charge on any atom is 0.219 e. The molecule has 0 fully saturated rings. The second-order valence-corrected chi connectivity index (χ2v) is 3.80. The average molecular weight is 260 g/mol. The van der Waals surface area contributed by atoms with E-state index >= 15 is 0 Å². The number of nitrogens with two attached hydrogens (primary N) is 2. The van der Waals surface area contributed by atoms with Crippen molar-refractivity contribution >= 4 is 5.96 Å². The van der Waals surface area contributed by atoms with Crippen molar-refractivity contribution in [2.24, 2.45) is 16.5 Å². The molecule has 0 aliphatic heterocycles. The van der Waals surface area contributed by atoms with Crippen molar-refractivity contribution in [1.82, 2.24) is 4.98 Å². The van der Waals surface area contributed by atoms with Gasteiger partial charge < -0.3 is 16.2 Å². The van der Waals surface area contributed by atoms with E-state index in [9.17, 15) is 4.39 Å². The number of rotatable bonds is 4. The molecule has 2 aromatic rings. The molecule has 98 valence electrons. The van der Waals surface area contributed by atoms with Gasteiger partial charge in [0.15, 0.2) is 5.96 Å². The third-order valence-corrected chi connectivity index (χ3v) is 2.28. The summed E-state index contributed by atoms with van der Waals surface area (Å²) in [5, 5.41) is 0. The van der Waals surface area contributed by atoms with Gasteiger partial charge in [0.1, 0.15) is 11.6 Å². The zero-order valence-electron chi connectivity index (χ0n) is 10.1. The first-order chi connectivity index (χ1) is 9.13. The van der Waals surface area contributed by atoms with Crippen LogP contribution in [0.3, 0.4) is 0 Å². The molecule has 0 unspecified atom stereocenters. The van der Waals surface area contributed by atoms with Gasteiger partial charge in [0.25, 0.3) is 0 Å². The smallest absolute Gasteiger partial charge is 0.219 e. The van der Waals surface area contributed by atoms with Crippen LogP contribution < -0.4 is 16.2 Å². The van der Waals surface area contributed by atoms with Gasteiger partial charge in [0.05, 0.1) is 6.54 Å². The number of aromatic nitrogens is 1. The van der Waals surface area contributed by atoms with Crippen LogP contribution in [-0.2, 0) is 6.54 Å². The fourth-order valence-corrected chi connectivity index (χ4v) is 1.37. The predicted octanol–water partition coefficient (Wildman–Crippen LogP) is 1.79. The quantitative estimate of drug-likeness (QED) is 0.648. The van der Waals surface area contributed by atoms with Gasteiger partial charge in [0, 0.05) is 12.3 Å². The minimum atomic E-state index is -0.312. The highest BCUT2D eigenvalue weighted by Gasteiger charge is 1.99. The molecule has 6 heteroatoms. The van der Waals surface area contributed by atoms with Crippen molar-refractivity contribution < 1.29 is 9.13 Å². The van der Waals surface area contributed by atoms with Crippen molar-refractivity contribution in [3.63, 3.8) is 0 Å². The summed E-state index contributed by atoms with van der Waals surface area (Å²) >= 11 is 0. The molecule has 0 radical (unpaired) electrons. The lowest BCUT2D eigenvalue weighted by Crippen LogP contribution is -2.22. The number of hydrogen-bond acceptors (Lipinski definition) is 3. The van der Waals surface area contributed by atoms with Gasteiger partial charge >= 0.3 is 0 Å². The molecular formula is C13H13FN4O. The van der Waals surface area contributed by atoms with E-state index in [2.05, 4.69) is 9.98 Å². The molecule has 0 amide bonds. The van der Waals surface area contributed by atoms with Crippen LogP contribution in [0.5, 0.6) is 11.6 Å². The Morgan fingerprint density at radius 2 is 1.89 bits per heavy atom. The maximum atomic E-state index is 12.7. The van der Waals surface area contributed by atoms with E-state index in [4.69, 9.17) is 16.2 Å². The van der Waals surface area contributed by atoms with E-state index in [-0.39, 0.29) is 11.8 Å². The fraction of sp³-hybridized carbons (Fsp3) is 0.0769. The van der Waals surface area contributed by atoms with Crippen molar-refractivity contribution in [3.05, 3.63) is 54.0 Å². The van der Waals surface area contributed by atoms with Crippen molar-refractivity contribution in [2.45, 2.75) is 6.54 Å². The normalized spacial score (nSPS) is 9.95. The van der Waals surface area contributed by atoms with Gasteiger partial charge in [-0.15, -0.1) is 0 Å². The molecule has 0 bridgehead atoms. The lowest BCUT2D eigenvalue weighted by Gasteiger charge is -2.05. The van der Waals surface area contributed by atoms with Gasteiger partial charge in [0.2, 0.25) is 5.88 Å². The Balaban J connectivity index is 2.02. The number of aliphatic imine (C=N–C) groups is 1. The highest BCUT2D eigenvalue weighted by molar-refractivity contribution is 5.75. The molecule has 1 heterocycles. The summed E-state index contributed by atoms with van der Waals surface area (Å²) in [6, 6.07) is 9.21. The summed E-state index contributed by atoms with van der Waals surface area (Å²) in [4.78, 5) is 7.98. The Hall–Kier alpha value is -2.63. The van der Waals surface area contributed by atoms with Gasteiger partial charge in [-0.3, -0.25) is 0 Å². The number of guanidine groups is 1. The highest BCUT2D eigenvalue weighted by Crippen LogP contribution is 2.19. The molecule has 19 heavy (non-hydrogen) atoms. The third kappa shape index (κ3) is 3.95. The van der Waals surface area contributed by atoms with Crippen LogP contribution in [-0.4, -0.2) is 10.9 Å². The summed E-state index contributed by atoms with van der Waals surface area (Å²) in [7, 11) is 0. The van der Waals surface area contributed by atoms with Gasteiger partial charge in [-0.05, 0) is 29.8 Å². The molecule has 0 saturated carbocycles. The Morgan fingerprint density at radius 1 is 1.16 bits per heavy atom. The Labute approximate surface area is 109 Å². The summed E-state index contributed by atoms with van der Waals surface area (Å²) in [6.07, 6.45) is 1.62. The SMILES string of the molecule is NC(N)=NCc1ccc(Oc2ccc(F)cc2)nc1. The largest absolute Gasteiger partial charge is 0.439 e. The van der Waals surface area contributed by atoms with Crippen molar-refractivity contribution in [1.29, 1.82) is 0 Å². The molecule has 0 aliphatic carbocycles. The van der Waals surface area contributed by atoms with E-state index in [1.807, 2.05) is 0 Å². The number of hydrogen-bond donors (Lipinski definition) is 2. The number of pyridine rings is 1. The predicted molar refractivity (Wildman–Crippen MR) is 70.2 cm³/mol. The number of halogens is 1. The molecule has 1 aromatic carbocycles. The minimum absolute atomic E-state index is 0.0339. The lowest BCUT2D eigenvalue weighted by molar-refractivity contribution is 0.461. The molecule has 5 nitrogen and oxygen atoms in total. The topological polar surface area (TPSA) is 86.5 Å². The van der Waals surface area contributed by atoms with Gasteiger partial charge in [-0.2, -0.15) is 0 Å². The van der Waals surface area contributed by atoms with E-state index in [0.29, 0.717) is 18.2 Å². The van der Waals surface area contributed by atoms with E-state index in [1.54, 1.807) is 18.3 Å². The molecule has 4 N–H and O–H groups in total. The molecule has 0 saturated heterocycles. The average Bonchev–Trinajstić information content (AvgIpc) is 2.40. The van der Waals surface area contributed by atoms with Gasteiger partial charge in [-0.25, -0.2) is 14.4 Å². The zero-order chi connectivity index (χ0) is 13.7. The van der Waals surface area contributed by atoms with Gasteiger partial charge in [-0.1, -0.05) is 6.07 Å². The summed E-state index contributed by atoms with van der Waals surface area (Å²) < 4.78 is 18.2. The monoisotopic (exact) mass is 260 g/mol. The van der Waals surface area contributed by atoms with Crippen LogP contribution in [0.2, 0.25) is 0 Å². The fourth-order valence-electron chi connectivity index (χ4n) is 1.37. The molecule has 0 atom stereocenters. The molecule has 0 spiro atoms. The van der Waals surface area contributed by atoms with Crippen molar-refractivity contribution in [3.8, 4) is 11.6 Å². The Morgan fingerprint density at radius 3 is 2.47 bits per heavy atom. The Bertz CT molecular complexity index is 562. The standard InChI is InChI=1S/C13H13FN4O/c14-10-2-4-11(5-3-10)19-12-6-1-9(7-17-12)8-18-13(15)16/h1-7H,8H2,(H4,15,16,18). The second kappa shape index (κ2) is 5.81. The molecular weight excluding hydrogens is 247 g/mol. The van der Waals surface area contributed by atoms with Crippen molar-refractivity contribution in [2.75, 3.05) is 0 Å². The molecule has 2 rings (SSSR count). The summed E-state index contributed by atoms with van der Waals surface area (Å²) in [5.41, 5.74) is 11.3. The maximum absolute atomic E-state index is 12.7. The number of benzene rings is 1. The third-order valence-electron chi connectivity index (χ3n) is 2.28. The summed E-state index contributed by atoms with van der Waals surface area (Å²) in [5.74, 6) is 0.658. The second-order valence-electron chi connectivity index (χ2n) is 3.80. The first-order valence-corrected chi connectivity index (χ1v) is 5.57. The van der Waals surface area contributed by atoms with Crippen LogP contribution in [0.1, 0.15) is 5.56 Å². The Kier molecular flexibility index (Phi) is 3.92. The summed E-state index contributed by atoms with van der Waals surface area (Å²) in [6.45, 7) is 0.367. The first kappa shape index (κ1) is 12.8. The minimum Gasteiger partial charge on any atom is -0.439 e. The van der Waals surface area contributed by atoms with Crippen LogP contribution >= 0.6 is 0 Å². The number of nitrogens with zero attached hydrogens (tertiary/aromatic N) is 2. The van der Waals surface area contributed by atoms with E-state index in [1.165, 1.54) is 24.3 Å². The molecule has 1 aromatic heterocycles. The van der Waals surface area contributed by atoms with Crippen LogP contribution in [0.25, 0.3) is 0 Å². The highest BCUT2D eigenvalue weighted by atomic mass is 19.1. The first-order valence-electron chi connectivity index (χ1n) is 5.57. The van der Waals surface area contributed by atoms with Crippen LogP contribution in [0.4, 0.5) is 4.39 Å². The number of ether oxygens (including phenoxy) is 1. The lowest BCUT2D eigenvalue weighted by atomic mass is 10.3. The van der Waals surface area contributed by atoms with E-state index < -0.39 is 0 Å². The van der Waals surface area contributed by atoms with Crippen LogP contribution in [0, 0.1) is 5.82 Å². The van der Waals surface area contributed by atoms with E-state index in [0.717, 1.165) is 5.56 Å². The zero-order valence-corrected chi connectivity index (χ0v) is 10.1. The van der Waals surface area contributed by atoms with Crippen LogP contribution in [0.15, 0.2) is 47.6 Å². The molecule has 0 aliphatic rings.